The van der Waals surface area contributed by atoms with Gasteiger partial charge in [-0.2, -0.15) is 0 Å². The van der Waals surface area contributed by atoms with Gasteiger partial charge in [-0.15, -0.1) is 11.8 Å². The largest absolute Gasteiger partial charge is 0.375 e. The highest BCUT2D eigenvalue weighted by atomic mass is 32.2. The molecule has 1 amide bonds. The summed E-state index contributed by atoms with van der Waals surface area (Å²) >= 11 is 1.60. The minimum absolute atomic E-state index is 0.0860. The molecule has 1 rings (SSSR count). The van der Waals surface area contributed by atoms with Crippen LogP contribution in [-0.2, 0) is 9.53 Å². The van der Waals surface area contributed by atoms with E-state index in [0.29, 0.717) is 0 Å². The van der Waals surface area contributed by atoms with Crippen LogP contribution in [0.25, 0.3) is 0 Å². The fraction of sp³-hybridized carbons (Fsp3) is 0.300. The highest BCUT2D eigenvalue weighted by Gasteiger charge is 2.04. The molecule has 4 heteroatoms. The van der Waals surface area contributed by atoms with Crippen molar-refractivity contribution in [3.8, 4) is 0 Å². The number of ether oxygens (including phenoxy) is 1. The zero-order chi connectivity index (χ0) is 10.4. The number of para-hydroxylation sites is 1. The Balaban J connectivity index is 2.70. The van der Waals surface area contributed by atoms with Crippen molar-refractivity contribution < 1.29 is 9.53 Å². The van der Waals surface area contributed by atoms with E-state index in [-0.39, 0.29) is 12.5 Å². The monoisotopic (exact) mass is 211 g/mol. The third-order valence-electron chi connectivity index (χ3n) is 1.66. The molecule has 0 heterocycles. The van der Waals surface area contributed by atoms with Gasteiger partial charge in [0.05, 0.1) is 5.69 Å². The van der Waals surface area contributed by atoms with Crippen LogP contribution in [0.3, 0.4) is 0 Å². The lowest BCUT2D eigenvalue weighted by Gasteiger charge is -2.08. The number of nitrogens with one attached hydrogen (secondary N) is 1. The third-order valence-corrected chi connectivity index (χ3v) is 2.45. The molecule has 0 aliphatic carbocycles. The molecule has 76 valence electrons. The summed E-state index contributed by atoms with van der Waals surface area (Å²) < 4.78 is 4.73. The van der Waals surface area contributed by atoms with Gasteiger partial charge in [-0.3, -0.25) is 4.79 Å². The lowest BCUT2D eigenvalue weighted by atomic mass is 10.3. The summed E-state index contributed by atoms with van der Waals surface area (Å²) in [6, 6.07) is 7.67. The van der Waals surface area contributed by atoms with Crippen molar-refractivity contribution >= 4 is 23.4 Å². The molecule has 1 aromatic carbocycles. The van der Waals surface area contributed by atoms with Gasteiger partial charge in [0.25, 0.3) is 0 Å². The Bertz CT molecular complexity index is 315. The molecule has 0 fully saturated rings. The van der Waals surface area contributed by atoms with Gasteiger partial charge < -0.3 is 10.1 Å². The van der Waals surface area contributed by atoms with E-state index >= 15 is 0 Å². The summed E-state index contributed by atoms with van der Waals surface area (Å²) in [5, 5.41) is 2.78. The summed E-state index contributed by atoms with van der Waals surface area (Å²) in [4.78, 5) is 12.3. The topological polar surface area (TPSA) is 38.3 Å². The Morgan fingerprint density at radius 3 is 2.86 bits per heavy atom. The van der Waals surface area contributed by atoms with Crippen molar-refractivity contribution in [2.75, 3.05) is 25.3 Å². The summed E-state index contributed by atoms with van der Waals surface area (Å²) in [6.45, 7) is 0.0860. The number of amides is 1. The molecule has 0 aromatic heterocycles. The van der Waals surface area contributed by atoms with Crippen molar-refractivity contribution in [3.05, 3.63) is 24.3 Å². The molecule has 0 saturated carbocycles. The quantitative estimate of drug-likeness (QED) is 0.774. The van der Waals surface area contributed by atoms with E-state index in [2.05, 4.69) is 5.32 Å². The Labute approximate surface area is 87.8 Å². The van der Waals surface area contributed by atoms with Crippen LogP contribution in [0.4, 0.5) is 5.69 Å². The summed E-state index contributed by atoms with van der Waals surface area (Å²) in [6.07, 6.45) is 1.97. The van der Waals surface area contributed by atoms with E-state index in [4.69, 9.17) is 4.74 Å². The molecule has 1 aromatic rings. The number of rotatable bonds is 4. The number of carbonyl (C=O) groups is 1. The maximum atomic E-state index is 11.2. The predicted octanol–water partition coefficient (Wildman–Crippen LogP) is 1.99. The highest BCUT2D eigenvalue weighted by Crippen LogP contribution is 2.24. The Hall–Kier alpha value is -1.00. The minimum atomic E-state index is -0.131. The Kier molecular flexibility index (Phi) is 4.49. The van der Waals surface area contributed by atoms with Gasteiger partial charge in [0.15, 0.2) is 0 Å². The molecule has 0 aliphatic rings. The van der Waals surface area contributed by atoms with Crippen molar-refractivity contribution in [2.45, 2.75) is 4.90 Å². The Morgan fingerprint density at radius 2 is 2.21 bits per heavy atom. The molecule has 1 N–H and O–H groups in total. The summed E-state index contributed by atoms with van der Waals surface area (Å²) in [5.41, 5.74) is 0.835. The summed E-state index contributed by atoms with van der Waals surface area (Å²) in [5.74, 6) is -0.131. The van der Waals surface area contributed by atoms with Crippen LogP contribution in [0.1, 0.15) is 0 Å². The molecule has 0 aliphatic heterocycles. The maximum absolute atomic E-state index is 11.2. The van der Waals surface area contributed by atoms with Gasteiger partial charge in [-0.05, 0) is 18.4 Å². The average Bonchev–Trinajstić information content (AvgIpc) is 2.19. The molecule has 0 spiro atoms. The van der Waals surface area contributed by atoms with Gasteiger partial charge >= 0.3 is 0 Å². The standard InChI is InChI=1S/C10H13NO2S/c1-13-7-10(12)11-8-5-3-4-6-9(8)14-2/h3-6H,7H2,1-2H3,(H,11,12). The van der Waals surface area contributed by atoms with Crippen molar-refractivity contribution in [3.63, 3.8) is 0 Å². The average molecular weight is 211 g/mol. The number of hydrogen-bond donors (Lipinski definition) is 1. The van der Waals surface area contributed by atoms with Gasteiger partial charge in [0, 0.05) is 12.0 Å². The smallest absolute Gasteiger partial charge is 0.250 e. The number of anilines is 1. The Morgan fingerprint density at radius 1 is 1.50 bits per heavy atom. The minimum Gasteiger partial charge on any atom is -0.375 e. The van der Waals surface area contributed by atoms with Gasteiger partial charge in [-0.1, -0.05) is 12.1 Å². The van der Waals surface area contributed by atoms with E-state index in [9.17, 15) is 4.79 Å². The molecule has 14 heavy (non-hydrogen) atoms. The third kappa shape index (κ3) is 3.05. The molecule has 0 saturated heterocycles. The zero-order valence-electron chi connectivity index (χ0n) is 8.24. The maximum Gasteiger partial charge on any atom is 0.250 e. The van der Waals surface area contributed by atoms with E-state index in [1.807, 2.05) is 30.5 Å². The molecule has 0 radical (unpaired) electrons. The fourth-order valence-corrected chi connectivity index (χ4v) is 1.62. The van der Waals surface area contributed by atoms with Crippen LogP contribution in [0.2, 0.25) is 0 Å². The van der Waals surface area contributed by atoms with Crippen LogP contribution >= 0.6 is 11.8 Å². The predicted molar refractivity (Wildman–Crippen MR) is 58.7 cm³/mol. The van der Waals surface area contributed by atoms with Gasteiger partial charge in [-0.25, -0.2) is 0 Å². The van der Waals surface area contributed by atoms with Crippen molar-refractivity contribution in [1.29, 1.82) is 0 Å². The first kappa shape index (κ1) is 11.1. The second kappa shape index (κ2) is 5.67. The number of methoxy groups -OCH3 is 1. The van der Waals surface area contributed by atoms with Crippen LogP contribution in [0, 0.1) is 0 Å². The van der Waals surface area contributed by atoms with Crippen LogP contribution < -0.4 is 5.32 Å². The van der Waals surface area contributed by atoms with Gasteiger partial charge in [0.2, 0.25) is 5.91 Å². The fourth-order valence-electron chi connectivity index (χ4n) is 1.07. The van der Waals surface area contributed by atoms with E-state index in [0.717, 1.165) is 10.6 Å². The van der Waals surface area contributed by atoms with Crippen LogP contribution in [0.5, 0.6) is 0 Å². The number of hydrogen-bond acceptors (Lipinski definition) is 3. The lowest BCUT2D eigenvalue weighted by molar-refractivity contribution is -0.119. The molecular weight excluding hydrogens is 198 g/mol. The first-order chi connectivity index (χ1) is 6.77. The molecular formula is C10H13NO2S. The molecule has 0 bridgehead atoms. The van der Waals surface area contributed by atoms with Crippen LogP contribution in [0.15, 0.2) is 29.2 Å². The second-order valence-corrected chi connectivity index (χ2v) is 3.53. The first-order valence-electron chi connectivity index (χ1n) is 4.19. The lowest BCUT2D eigenvalue weighted by Crippen LogP contribution is -2.17. The van der Waals surface area contributed by atoms with E-state index in [1.165, 1.54) is 7.11 Å². The second-order valence-electron chi connectivity index (χ2n) is 2.68. The van der Waals surface area contributed by atoms with E-state index < -0.39 is 0 Å². The van der Waals surface area contributed by atoms with Crippen molar-refractivity contribution in [2.24, 2.45) is 0 Å². The van der Waals surface area contributed by atoms with E-state index in [1.54, 1.807) is 11.8 Å². The zero-order valence-corrected chi connectivity index (χ0v) is 9.06. The number of benzene rings is 1. The molecule has 3 nitrogen and oxygen atoms in total. The SMILES string of the molecule is COCC(=O)Nc1ccccc1SC. The number of carbonyl (C=O) groups excluding carboxylic acids is 1. The first-order valence-corrected chi connectivity index (χ1v) is 5.42. The highest BCUT2D eigenvalue weighted by molar-refractivity contribution is 7.98. The van der Waals surface area contributed by atoms with Gasteiger partial charge in [0.1, 0.15) is 6.61 Å². The van der Waals surface area contributed by atoms with Crippen molar-refractivity contribution in [1.82, 2.24) is 0 Å². The summed E-state index contributed by atoms with van der Waals surface area (Å²) in [7, 11) is 1.50. The molecule has 0 unspecified atom stereocenters. The molecule has 0 atom stereocenters. The van der Waals surface area contributed by atoms with Crippen LogP contribution in [-0.4, -0.2) is 25.9 Å². The number of thioether (sulfide) groups is 1. The normalized spacial score (nSPS) is 9.86.